The molecule has 0 saturated carbocycles. The number of hydrogen-bond acceptors (Lipinski definition) is 3. The normalized spacial score (nSPS) is 16.3. The van der Waals surface area contributed by atoms with Gasteiger partial charge in [-0.15, -0.1) is 0 Å². The van der Waals surface area contributed by atoms with Crippen molar-refractivity contribution in [2.24, 2.45) is 0 Å². The molecule has 0 aliphatic heterocycles. The van der Waals surface area contributed by atoms with Crippen LogP contribution in [0.2, 0.25) is 0 Å². The summed E-state index contributed by atoms with van der Waals surface area (Å²) in [5.74, 6) is 0. The molecule has 0 aromatic heterocycles. The molecule has 0 fully saturated rings. The van der Waals surface area contributed by atoms with Crippen molar-refractivity contribution in [3.8, 4) is 0 Å². The minimum Gasteiger partial charge on any atom is -0.321 e. The van der Waals surface area contributed by atoms with Gasteiger partial charge in [-0.25, -0.2) is 0 Å². The van der Waals surface area contributed by atoms with Crippen LogP contribution in [-0.2, 0) is 9.09 Å². The van der Waals surface area contributed by atoms with Crippen LogP contribution < -0.4 is 0 Å². The molecule has 0 aromatic rings. The SMILES string of the molecule is CCCOP(=O)(CCC)SC. The molecular weight excluding hydrogens is 179 g/mol. The second kappa shape index (κ2) is 6.10. The second-order valence-electron chi connectivity index (χ2n) is 2.35. The first-order valence-electron chi connectivity index (χ1n) is 3.98. The fraction of sp³-hybridized carbons (Fsp3) is 1.00. The Labute approximate surface area is 73.3 Å². The third kappa shape index (κ3) is 4.89. The lowest BCUT2D eigenvalue weighted by Gasteiger charge is -2.13. The molecule has 2 nitrogen and oxygen atoms in total. The summed E-state index contributed by atoms with van der Waals surface area (Å²) < 4.78 is 17.0. The Morgan fingerprint density at radius 3 is 2.36 bits per heavy atom. The van der Waals surface area contributed by atoms with Gasteiger partial charge in [-0.05, 0) is 19.1 Å². The molecule has 0 N–H and O–H groups in total. The lowest BCUT2D eigenvalue weighted by Crippen LogP contribution is -1.92. The first-order valence-corrected chi connectivity index (χ1v) is 7.61. The average molecular weight is 196 g/mol. The second-order valence-corrected chi connectivity index (χ2v) is 7.41. The number of hydrogen-bond donors (Lipinski definition) is 0. The highest BCUT2D eigenvalue weighted by atomic mass is 32.7. The average Bonchev–Trinajstić information content (AvgIpc) is 2.02. The van der Waals surface area contributed by atoms with E-state index in [9.17, 15) is 4.57 Å². The topological polar surface area (TPSA) is 26.3 Å². The molecule has 1 unspecified atom stereocenters. The summed E-state index contributed by atoms with van der Waals surface area (Å²) in [7, 11) is 0. The Kier molecular flexibility index (Phi) is 6.40. The van der Waals surface area contributed by atoms with Crippen LogP contribution >= 0.6 is 18.0 Å². The van der Waals surface area contributed by atoms with Crippen LogP contribution in [0.5, 0.6) is 0 Å². The van der Waals surface area contributed by atoms with Crippen molar-refractivity contribution in [2.75, 3.05) is 19.0 Å². The van der Waals surface area contributed by atoms with Gasteiger partial charge in [0.2, 0.25) is 0 Å². The highest BCUT2D eigenvalue weighted by molar-refractivity contribution is 8.56. The quantitative estimate of drug-likeness (QED) is 0.609. The lowest BCUT2D eigenvalue weighted by atomic mass is 10.5. The molecule has 0 rings (SSSR count). The zero-order chi connectivity index (χ0) is 8.74. The molecule has 11 heavy (non-hydrogen) atoms. The van der Waals surface area contributed by atoms with E-state index >= 15 is 0 Å². The van der Waals surface area contributed by atoms with Crippen LogP contribution in [0.25, 0.3) is 0 Å². The van der Waals surface area contributed by atoms with E-state index in [1.807, 2.05) is 20.1 Å². The Morgan fingerprint density at radius 2 is 2.00 bits per heavy atom. The monoisotopic (exact) mass is 196 g/mol. The molecule has 0 aromatic carbocycles. The smallest absolute Gasteiger partial charge is 0.257 e. The molecule has 0 spiro atoms. The van der Waals surface area contributed by atoms with Gasteiger partial charge < -0.3 is 4.52 Å². The lowest BCUT2D eigenvalue weighted by molar-refractivity contribution is 0.324. The van der Waals surface area contributed by atoms with Crippen LogP contribution in [0.1, 0.15) is 26.7 Å². The summed E-state index contributed by atoms with van der Waals surface area (Å²) in [4.78, 5) is 0. The summed E-state index contributed by atoms with van der Waals surface area (Å²) in [5.41, 5.74) is 0. The summed E-state index contributed by atoms with van der Waals surface area (Å²) in [6.45, 7) is 2.37. The maximum absolute atomic E-state index is 11.7. The van der Waals surface area contributed by atoms with Crippen molar-refractivity contribution in [3.63, 3.8) is 0 Å². The van der Waals surface area contributed by atoms with Gasteiger partial charge in [0.1, 0.15) is 0 Å². The highest BCUT2D eigenvalue weighted by Gasteiger charge is 2.19. The van der Waals surface area contributed by atoms with E-state index in [2.05, 4.69) is 0 Å². The van der Waals surface area contributed by atoms with Gasteiger partial charge in [0, 0.05) is 6.16 Å². The van der Waals surface area contributed by atoms with Crippen molar-refractivity contribution < 1.29 is 9.09 Å². The zero-order valence-electron chi connectivity index (χ0n) is 7.50. The molecule has 0 bridgehead atoms. The summed E-state index contributed by atoms with van der Waals surface area (Å²) in [6.07, 6.45) is 4.43. The number of rotatable bonds is 6. The van der Waals surface area contributed by atoms with Gasteiger partial charge in [0.15, 0.2) is 0 Å². The fourth-order valence-electron chi connectivity index (χ4n) is 0.713. The van der Waals surface area contributed by atoms with Gasteiger partial charge in [-0.2, -0.15) is 0 Å². The molecule has 0 heterocycles. The first kappa shape index (κ1) is 11.5. The standard InChI is InChI=1S/C7H17O2PS/c1-4-6-9-10(8,11-3)7-5-2/h4-7H2,1-3H3. The molecule has 68 valence electrons. The third-order valence-electron chi connectivity index (χ3n) is 1.27. The zero-order valence-corrected chi connectivity index (χ0v) is 9.21. The molecule has 1 atom stereocenters. The van der Waals surface area contributed by atoms with Crippen molar-refractivity contribution in [1.29, 1.82) is 0 Å². The Hall–Kier alpha value is 0.540. The van der Waals surface area contributed by atoms with Crippen LogP contribution in [0.15, 0.2) is 0 Å². The largest absolute Gasteiger partial charge is 0.321 e. The summed E-state index contributed by atoms with van der Waals surface area (Å²) in [6, 6.07) is 0. The van der Waals surface area contributed by atoms with Crippen LogP contribution in [0.4, 0.5) is 0 Å². The van der Waals surface area contributed by atoms with Gasteiger partial charge in [0.05, 0.1) is 6.61 Å². The van der Waals surface area contributed by atoms with E-state index in [4.69, 9.17) is 4.52 Å². The minimum absolute atomic E-state index is 0.623. The molecule has 0 saturated heterocycles. The van der Waals surface area contributed by atoms with E-state index < -0.39 is 6.57 Å². The molecule has 0 radical (unpaired) electrons. The molecular formula is C7H17O2PS. The van der Waals surface area contributed by atoms with E-state index in [1.165, 1.54) is 11.4 Å². The predicted molar refractivity (Wildman–Crippen MR) is 52.5 cm³/mol. The van der Waals surface area contributed by atoms with Gasteiger partial charge in [0.25, 0.3) is 6.57 Å². The van der Waals surface area contributed by atoms with Gasteiger partial charge in [-0.1, -0.05) is 25.2 Å². The molecule has 0 amide bonds. The van der Waals surface area contributed by atoms with Crippen LogP contribution in [0.3, 0.4) is 0 Å². The predicted octanol–water partition coefficient (Wildman–Crippen LogP) is 3.38. The highest BCUT2D eigenvalue weighted by Crippen LogP contribution is 2.58. The van der Waals surface area contributed by atoms with Crippen molar-refractivity contribution >= 4 is 18.0 Å². The summed E-state index contributed by atoms with van der Waals surface area (Å²) >= 11 is 1.37. The maximum Gasteiger partial charge on any atom is 0.257 e. The minimum atomic E-state index is -2.30. The van der Waals surface area contributed by atoms with E-state index in [0.717, 1.165) is 12.8 Å². The summed E-state index contributed by atoms with van der Waals surface area (Å²) in [5, 5.41) is 0. The Balaban J connectivity index is 3.79. The molecule has 0 aliphatic carbocycles. The first-order chi connectivity index (χ1) is 5.18. The van der Waals surface area contributed by atoms with Gasteiger partial charge >= 0.3 is 0 Å². The van der Waals surface area contributed by atoms with Crippen molar-refractivity contribution in [3.05, 3.63) is 0 Å². The maximum atomic E-state index is 11.7. The molecule has 4 heteroatoms. The fourth-order valence-corrected chi connectivity index (χ4v) is 3.77. The Bertz CT molecular complexity index is 138. The van der Waals surface area contributed by atoms with Crippen LogP contribution in [0, 0.1) is 0 Å². The van der Waals surface area contributed by atoms with E-state index in [0.29, 0.717) is 12.8 Å². The van der Waals surface area contributed by atoms with Crippen molar-refractivity contribution in [1.82, 2.24) is 0 Å². The van der Waals surface area contributed by atoms with Gasteiger partial charge in [-0.3, -0.25) is 4.57 Å². The third-order valence-corrected chi connectivity index (χ3v) is 5.93. The van der Waals surface area contributed by atoms with E-state index in [1.54, 1.807) is 0 Å². The molecule has 0 aliphatic rings. The van der Waals surface area contributed by atoms with Crippen LogP contribution in [-0.4, -0.2) is 19.0 Å². The van der Waals surface area contributed by atoms with E-state index in [-0.39, 0.29) is 0 Å². The Morgan fingerprint density at radius 1 is 1.36 bits per heavy atom. The van der Waals surface area contributed by atoms with Crippen molar-refractivity contribution in [2.45, 2.75) is 26.7 Å².